The Morgan fingerprint density at radius 1 is 1.15 bits per heavy atom. The average Bonchev–Trinajstić information content (AvgIpc) is 2.94. The molecule has 0 aliphatic carbocycles. The van der Waals surface area contributed by atoms with Gasteiger partial charge in [-0.1, -0.05) is 11.3 Å². The lowest BCUT2D eigenvalue weighted by Crippen LogP contribution is -2.48. The van der Waals surface area contributed by atoms with Crippen molar-refractivity contribution in [3.05, 3.63) is 35.1 Å². The Morgan fingerprint density at radius 3 is 2.45 bits per heavy atom. The quantitative estimate of drug-likeness (QED) is 0.831. The third kappa shape index (κ3) is 2.62. The standard InChI is InChI=1S/C13H15N5OS/c1-10-15-16-13(20-10)18-8-6-17(7-9-18)12(19)11-2-4-14-5-3-11/h2-5H,6-9H2,1H3. The molecular formula is C13H15N5OS. The minimum Gasteiger partial charge on any atom is -0.343 e. The van der Waals surface area contributed by atoms with Gasteiger partial charge in [-0.05, 0) is 19.1 Å². The summed E-state index contributed by atoms with van der Waals surface area (Å²) in [6.07, 6.45) is 3.29. The van der Waals surface area contributed by atoms with Gasteiger partial charge >= 0.3 is 0 Å². The van der Waals surface area contributed by atoms with E-state index in [1.165, 1.54) is 0 Å². The molecule has 0 atom stereocenters. The summed E-state index contributed by atoms with van der Waals surface area (Å²) >= 11 is 1.59. The highest BCUT2D eigenvalue weighted by Crippen LogP contribution is 2.21. The highest BCUT2D eigenvalue weighted by atomic mass is 32.1. The fourth-order valence-electron chi connectivity index (χ4n) is 2.19. The van der Waals surface area contributed by atoms with Crippen molar-refractivity contribution in [2.45, 2.75) is 6.92 Å². The van der Waals surface area contributed by atoms with E-state index in [-0.39, 0.29) is 5.91 Å². The van der Waals surface area contributed by atoms with Gasteiger partial charge in [-0.15, -0.1) is 10.2 Å². The van der Waals surface area contributed by atoms with Gasteiger partial charge in [0.05, 0.1) is 0 Å². The number of amides is 1. The average molecular weight is 289 g/mol. The lowest BCUT2D eigenvalue weighted by Gasteiger charge is -2.34. The van der Waals surface area contributed by atoms with Crippen molar-refractivity contribution in [2.75, 3.05) is 31.1 Å². The molecule has 1 aliphatic heterocycles. The van der Waals surface area contributed by atoms with Gasteiger partial charge in [0, 0.05) is 44.1 Å². The molecule has 1 amide bonds. The molecule has 2 aromatic rings. The van der Waals surface area contributed by atoms with Crippen LogP contribution in [0.5, 0.6) is 0 Å². The summed E-state index contributed by atoms with van der Waals surface area (Å²) in [7, 11) is 0. The molecule has 0 radical (unpaired) electrons. The summed E-state index contributed by atoms with van der Waals surface area (Å²) in [5, 5.41) is 10.1. The van der Waals surface area contributed by atoms with Gasteiger partial charge in [0.15, 0.2) is 0 Å². The second-order valence-electron chi connectivity index (χ2n) is 4.62. The van der Waals surface area contributed by atoms with Crippen LogP contribution in [0.2, 0.25) is 0 Å². The normalized spacial score (nSPS) is 15.4. The number of piperazine rings is 1. The van der Waals surface area contributed by atoms with Crippen LogP contribution in [0.1, 0.15) is 15.4 Å². The maximum Gasteiger partial charge on any atom is 0.254 e. The van der Waals surface area contributed by atoms with Gasteiger partial charge in [-0.2, -0.15) is 0 Å². The van der Waals surface area contributed by atoms with Crippen LogP contribution in [-0.2, 0) is 0 Å². The summed E-state index contributed by atoms with van der Waals surface area (Å²) in [6.45, 7) is 4.96. The summed E-state index contributed by atoms with van der Waals surface area (Å²) in [5.41, 5.74) is 0.695. The van der Waals surface area contributed by atoms with Crippen molar-refractivity contribution in [3.63, 3.8) is 0 Å². The molecule has 1 aliphatic rings. The number of pyridine rings is 1. The summed E-state index contributed by atoms with van der Waals surface area (Å²) < 4.78 is 0. The molecule has 0 N–H and O–H groups in total. The van der Waals surface area contributed by atoms with Gasteiger partial charge < -0.3 is 9.80 Å². The Bertz CT molecular complexity index is 592. The van der Waals surface area contributed by atoms with E-state index >= 15 is 0 Å². The lowest BCUT2D eigenvalue weighted by molar-refractivity contribution is 0.0746. The molecule has 0 aromatic carbocycles. The Hall–Kier alpha value is -2.02. The Kier molecular flexibility index (Phi) is 3.60. The molecule has 2 aromatic heterocycles. The van der Waals surface area contributed by atoms with Crippen LogP contribution in [0, 0.1) is 6.92 Å². The van der Waals surface area contributed by atoms with Crippen molar-refractivity contribution < 1.29 is 4.79 Å². The highest BCUT2D eigenvalue weighted by Gasteiger charge is 2.23. The molecule has 1 fully saturated rings. The van der Waals surface area contributed by atoms with Gasteiger partial charge in [0.1, 0.15) is 5.01 Å². The molecule has 0 saturated carbocycles. The van der Waals surface area contributed by atoms with Crippen LogP contribution in [0.4, 0.5) is 5.13 Å². The fourth-order valence-corrected chi connectivity index (χ4v) is 2.93. The maximum absolute atomic E-state index is 12.3. The first-order valence-corrected chi connectivity index (χ1v) is 7.30. The number of hydrogen-bond donors (Lipinski definition) is 0. The van der Waals surface area contributed by atoms with Crippen molar-refractivity contribution in [1.29, 1.82) is 0 Å². The molecular weight excluding hydrogens is 274 g/mol. The molecule has 20 heavy (non-hydrogen) atoms. The van der Waals surface area contributed by atoms with E-state index in [1.807, 2.05) is 11.8 Å². The molecule has 0 spiro atoms. The van der Waals surface area contributed by atoms with Crippen LogP contribution >= 0.6 is 11.3 Å². The molecule has 7 heteroatoms. The number of rotatable bonds is 2. The van der Waals surface area contributed by atoms with E-state index in [0.717, 1.165) is 23.2 Å². The highest BCUT2D eigenvalue weighted by molar-refractivity contribution is 7.15. The first-order valence-electron chi connectivity index (χ1n) is 6.48. The van der Waals surface area contributed by atoms with E-state index in [1.54, 1.807) is 35.9 Å². The summed E-state index contributed by atoms with van der Waals surface area (Å²) in [4.78, 5) is 20.3. The Balaban J connectivity index is 1.63. The second kappa shape index (κ2) is 5.54. The number of hydrogen-bond acceptors (Lipinski definition) is 6. The molecule has 6 nitrogen and oxygen atoms in total. The number of carbonyl (C=O) groups is 1. The van der Waals surface area contributed by atoms with Crippen molar-refractivity contribution in [3.8, 4) is 0 Å². The molecule has 3 rings (SSSR count). The minimum atomic E-state index is 0.0699. The first kappa shape index (κ1) is 13.0. The summed E-state index contributed by atoms with van der Waals surface area (Å²) in [5.74, 6) is 0.0699. The lowest BCUT2D eigenvalue weighted by atomic mass is 10.2. The second-order valence-corrected chi connectivity index (χ2v) is 5.78. The van der Waals surface area contributed by atoms with E-state index in [9.17, 15) is 4.79 Å². The van der Waals surface area contributed by atoms with Crippen LogP contribution in [0.15, 0.2) is 24.5 Å². The van der Waals surface area contributed by atoms with Gasteiger partial charge in [-0.3, -0.25) is 9.78 Å². The predicted molar refractivity (Wildman–Crippen MR) is 77.0 cm³/mol. The maximum atomic E-state index is 12.3. The van der Waals surface area contributed by atoms with Crippen LogP contribution in [0.25, 0.3) is 0 Å². The van der Waals surface area contributed by atoms with Crippen LogP contribution in [0.3, 0.4) is 0 Å². The minimum absolute atomic E-state index is 0.0699. The van der Waals surface area contributed by atoms with E-state index in [0.29, 0.717) is 18.7 Å². The van der Waals surface area contributed by atoms with Crippen LogP contribution < -0.4 is 4.90 Å². The van der Waals surface area contributed by atoms with E-state index < -0.39 is 0 Å². The van der Waals surface area contributed by atoms with Gasteiger partial charge in [0.25, 0.3) is 5.91 Å². The zero-order valence-electron chi connectivity index (χ0n) is 11.2. The fraction of sp³-hybridized carbons (Fsp3) is 0.385. The third-order valence-electron chi connectivity index (χ3n) is 3.28. The molecule has 3 heterocycles. The van der Waals surface area contributed by atoms with E-state index in [2.05, 4.69) is 20.1 Å². The molecule has 104 valence electrons. The topological polar surface area (TPSA) is 62.2 Å². The Morgan fingerprint density at radius 2 is 1.85 bits per heavy atom. The monoisotopic (exact) mass is 289 g/mol. The first-order chi connectivity index (χ1) is 9.74. The zero-order valence-corrected chi connectivity index (χ0v) is 12.0. The van der Waals surface area contributed by atoms with E-state index in [4.69, 9.17) is 0 Å². The summed E-state index contributed by atoms with van der Waals surface area (Å²) in [6, 6.07) is 3.51. The number of aryl methyl sites for hydroxylation is 1. The SMILES string of the molecule is Cc1nnc(N2CCN(C(=O)c3ccncc3)CC2)s1. The third-order valence-corrected chi connectivity index (χ3v) is 4.18. The van der Waals surface area contributed by atoms with Gasteiger partial charge in [-0.25, -0.2) is 0 Å². The molecule has 1 saturated heterocycles. The van der Waals surface area contributed by atoms with Crippen molar-refractivity contribution in [1.82, 2.24) is 20.1 Å². The zero-order chi connectivity index (χ0) is 13.9. The predicted octanol–water partition coefficient (Wildman–Crippen LogP) is 1.20. The number of anilines is 1. The largest absolute Gasteiger partial charge is 0.343 e. The van der Waals surface area contributed by atoms with Crippen LogP contribution in [-0.4, -0.2) is 52.2 Å². The van der Waals surface area contributed by atoms with Gasteiger partial charge in [0.2, 0.25) is 5.13 Å². The number of nitrogens with zero attached hydrogens (tertiary/aromatic N) is 5. The van der Waals surface area contributed by atoms with Crippen molar-refractivity contribution in [2.24, 2.45) is 0 Å². The molecule has 0 bridgehead atoms. The number of carbonyl (C=O) groups excluding carboxylic acids is 1. The Labute approximate surface area is 121 Å². The smallest absolute Gasteiger partial charge is 0.254 e. The molecule has 0 unspecified atom stereocenters. The van der Waals surface area contributed by atoms with Crippen molar-refractivity contribution >= 4 is 22.4 Å². The number of aromatic nitrogens is 3.